The molecule has 5 heteroatoms. The molecular formula is C10H9ClFNO2. The molecule has 0 bridgehead atoms. The van der Waals surface area contributed by atoms with E-state index in [9.17, 15) is 14.0 Å². The maximum Gasteiger partial charge on any atom is 0.287 e. The lowest BCUT2D eigenvalue weighted by Crippen LogP contribution is -2.28. The minimum atomic E-state index is -0.732. The molecule has 0 aliphatic heterocycles. The molecule has 1 N–H and O–H groups in total. The molecule has 0 saturated heterocycles. The molecule has 0 unspecified atom stereocenters. The highest BCUT2D eigenvalue weighted by Gasteiger charge is 2.08. The molecule has 0 fully saturated rings. The van der Waals surface area contributed by atoms with E-state index in [0.717, 1.165) is 13.0 Å². The first-order valence-electron chi connectivity index (χ1n) is 4.23. The van der Waals surface area contributed by atoms with Gasteiger partial charge in [0.2, 0.25) is 5.78 Å². The van der Waals surface area contributed by atoms with Crippen molar-refractivity contribution < 1.29 is 14.0 Å². The SMILES string of the molecule is CC(=O)C(=O)NCc1ccc(Cl)cc1F. The highest BCUT2D eigenvalue weighted by Crippen LogP contribution is 2.14. The van der Waals surface area contributed by atoms with Gasteiger partial charge in [-0.15, -0.1) is 0 Å². The van der Waals surface area contributed by atoms with Crippen LogP contribution in [0.1, 0.15) is 12.5 Å². The summed E-state index contributed by atoms with van der Waals surface area (Å²) in [6.45, 7) is 1.12. The van der Waals surface area contributed by atoms with E-state index in [1.807, 2.05) is 0 Å². The highest BCUT2D eigenvalue weighted by atomic mass is 35.5. The number of hydrogen-bond acceptors (Lipinski definition) is 2. The van der Waals surface area contributed by atoms with Crippen molar-refractivity contribution in [2.75, 3.05) is 0 Å². The van der Waals surface area contributed by atoms with Crippen LogP contribution < -0.4 is 5.32 Å². The molecule has 0 aromatic heterocycles. The summed E-state index contributed by atoms with van der Waals surface area (Å²) in [6, 6.07) is 4.12. The Balaban J connectivity index is 2.66. The van der Waals surface area contributed by atoms with Crippen LogP contribution in [0.2, 0.25) is 5.02 Å². The second kappa shape index (κ2) is 4.89. The van der Waals surface area contributed by atoms with Gasteiger partial charge in [-0.3, -0.25) is 9.59 Å². The summed E-state index contributed by atoms with van der Waals surface area (Å²) in [5, 5.41) is 2.57. The summed E-state index contributed by atoms with van der Waals surface area (Å²) in [7, 11) is 0. The van der Waals surface area contributed by atoms with Crippen molar-refractivity contribution in [3.8, 4) is 0 Å². The predicted molar refractivity (Wildman–Crippen MR) is 53.9 cm³/mol. The molecule has 3 nitrogen and oxygen atoms in total. The van der Waals surface area contributed by atoms with Crippen molar-refractivity contribution in [3.05, 3.63) is 34.6 Å². The van der Waals surface area contributed by atoms with Gasteiger partial charge >= 0.3 is 0 Å². The van der Waals surface area contributed by atoms with Crippen molar-refractivity contribution in [1.29, 1.82) is 0 Å². The third-order valence-corrected chi connectivity index (χ3v) is 2.01. The molecule has 15 heavy (non-hydrogen) atoms. The summed E-state index contributed by atoms with van der Waals surface area (Å²) >= 11 is 5.55. The van der Waals surface area contributed by atoms with E-state index in [2.05, 4.69) is 5.32 Å². The van der Waals surface area contributed by atoms with Gasteiger partial charge in [0, 0.05) is 24.1 Å². The molecule has 80 valence electrons. The Morgan fingerprint density at radius 3 is 2.67 bits per heavy atom. The van der Waals surface area contributed by atoms with Crippen LogP contribution in [0, 0.1) is 5.82 Å². The molecule has 0 spiro atoms. The average Bonchev–Trinajstić information content (AvgIpc) is 2.15. The maximum absolute atomic E-state index is 13.2. The molecule has 1 aromatic rings. The number of halogens is 2. The molecule has 0 saturated carbocycles. The van der Waals surface area contributed by atoms with Gasteiger partial charge in [-0.25, -0.2) is 4.39 Å². The van der Waals surface area contributed by atoms with Crippen molar-refractivity contribution in [1.82, 2.24) is 5.32 Å². The number of ketones is 1. The third-order valence-electron chi connectivity index (χ3n) is 1.77. The monoisotopic (exact) mass is 229 g/mol. The zero-order chi connectivity index (χ0) is 11.4. The number of carbonyl (C=O) groups is 2. The molecule has 1 rings (SSSR count). The molecule has 1 aromatic carbocycles. The molecule has 0 aliphatic rings. The average molecular weight is 230 g/mol. The lowest BCUT2D eigenvalue weighted by Gasteiger charge is -2.04. The number of Topliss-reactive ketones (excluding diaryl/α,β-unsaturated/α-hetero) is 1. The number of nitrogens with one attached hydrogen (secondary N) is 1. The number of amides is 1. The first kappa shape index (κ1) is 11.7. The van der Waals surface area contributed by atoms with Crippen LogP contribution >= 0.6 is 11.6 Å². The number of hydrogen-bond donors (Lipinski definition) is 1. The largest absolute Gasteiger partial charge is 0.345 e. The van der Waals surface area contributed by atoms with Gasteiger partial charge in [0.15, 0.2) is 0 Å². The number of carbonyl (C=O) groups excluding carboxylic acids is 2. The summed E-state index contributed by atoms with van der Waals surface area (Å²) in [5.41, 5.74) is 0.286. The molecule has 0 atom stereocenters. The molecule has 0 heterocycles. The smallest absolute Gasteiger partial charge is 0.287 e. The van der Waals surface area contributed by atoms with Gasteiger partial charge in [0.25, 0.3) is 5.91 Å². The fourth-order valence-electron chi connectivity index (χ4n) is 0.965. The summed E-state index contributed by atoms with van der Waals surface area (Å²) in [5.74, 6) is -1.85. The Labute approximate surface area is 91.2 Å². The van der Waals surface area contributed by atoms with Gasteiger partial charge in [-0.2, -0.15) is 0 Å². The van der Waals surface area contributed by atoms with Gasteiger partial charge in [-0.05, 0) is 12.1 Å². The minimum absolute atomic E-state index is 0.0264. The van der Waals surface area contributed by atoms with Gasteiger partial charge in [0.1, 0.15) is 5.82 Å². The van der Waals surface area contributed by atoms with Crippen molar-refractivity contribution in [3.63, 3.8) is 0 Å². The summed E-state index contributed by atoms with van der Waals surface area (Å²) in [6.07, 6.45) is 0. The topological polar surface area (TPSA) is 46.2 Å². The van der Waals surface area contributed by atoms with E-state index >= 15 is 0 Å². The van der Waals surface area contributed by atoms with Crippen molar-refractivity contribution >= 4 is 23.3 Å². The van der Waals surface area contributed by atoms with Crippen molar-refractivity contribution in [2.24, 2.45) is 0 Å². The van der Waals surface area contributed by atoms with Crippen LogP contribution in [-0.4, -0.2) is 11.7 Å². The second-order valence-corrected chi connectivity index (χ2v) is 3.41. The third kappa shape index (κ3) is 3.32. The zero-order valence-corrected chi connectivity index (χ0v) is 8.77. The van der Waals surface area contributed by atoms with E-state index in [4.69, 9.17) is 11.6 Å². The molecular weight excluding hydrogens is 221 g/mol. The predicted octanol–water partition coefficient (Wildman–Crippen LogP) is 1.68. The Hall–Kier alpha value is -1.42. The van der Waals surface area contributed by atoms with E-state index in [1.165, 1.54) is 12.1 Å². The van der Waals surface area contributed by atoms with Crippen LogP contribution in [-0.2, 0) is 16.1 Å². The molecule has 1 amide bonds. The quantitative estimate of drug-likeness (QED) is 0.802. The van der Waals surface area contributed by atoms with Crippen LogP contribution in [0.5, 0.6) is 0 Å². The molecule has 0 radical (unpaired) electrons. The fourth-order valence-corrected chi connectivity index (χ4v) is 1.12. The van der Waals surface area contributed by atoms with Gasteiger partial charge in [0.05, 0.1) is 0 Å². The van der Waals surface area contributed by atoms with Crippen molar-refractivity contribution in [2.45, 2.75) is 13.5 Å². The Kier molecular flexibility index (Phi) is 3.80. The highest BCUT2D eigenvalue weighted by molar-refractivity contribution is 6.35. The standard InChI is InChI=1S/C10H9ClFNO2/c1-6(14)10(15)13-5-7-2-3-8(11)4-9(7)12/h2-4H,5H2,1H3,(H,13,15). The van der Waals surface area contributed by atoms with E-state index in [0.29, 0.717) is 0 Å². The number of rotatable bonds is 3. The van der Waals surface area contributed by atoms with E-state index in [1.54, 1.807) is 0 Å². The van der Waals surface area contributed by atoms with Crippen LogP contribution in [0.4, 0.5) is 4.39 Å². The second-order valence-electron chi connectivity index (χ2n) is 2.97. The maximum atomic E-state index is 13.2. The van der Waals surface area contributed by atoms with Gasteiger partial charge in [-0.1, -0.05) is 17.7 Å². The lowest BCUT2D eigenvalue weighted by molar-refractivity contribution is -0.136. The number of benzene rings is 1. The summed E-state index contributed by atoms with van der Waals surface area (Å²) < 4.78 is 13.2. The first-order valence-corrected chi connectivity index (χ1v) is 4.61. The minimum Gasteiger partial charge on any atom is -0.345 e. The van der Waals surface area contributed by atoms with Crippen LogP contribution in [0.15, 0.2) is 18.2 Å². The Bertz CT molecular complexity index is 406. The van der Waals surface area contributed by atoms with Crippen LogP contribution in [0.3, 0.4) is 0 Å². The first-order chi connectivity index (χ1) is 7.00. The van der Waals surface area contributed by atoms with Crippen LogP contribution in [0.25, 0.3) is 0 Å². The zero-order valence-electron chi connectivity index (χ0n) is 8.01. The Morgan fingerprint density at radius 2 is 2.13 bits per heavy atom. The van der Waals surface area contributed by atoms with Gasteiger partial charge < -0.3 is 5.32 Å². The van der Waals surface area contributed by atoms with E-state index < -0.39 is 17.5 Å². The normalized spacial score (nSPS) is 9.80. The fraction of sp³-hybridized carbons (Fsp3) is 0.200. The lowest BCUT2D eigenvalue weighted by atomic mass is 10.2. The molecule has 0 aliphatic carbocycles. The van der Waals surface area contributed by atoms with E-state index in [-0.39, 0.29) is 17.1 Å². The Morgan fingerprint density at radius 1 is 1.47 bits per heavy atom. The summed E-state index contributed by atoms with van der Waals surface area (Å²) in [4.78, 5) is 21.5.